The fourth-order valence-corrected chi connectivity index (χ4v) is 4.01. The summed E-state index contributed by atoms with van der Waals surface area (Å²) in [6.07, 6.45) is 1.94. The zero-order chi connectivity index (χ0) is 26.8. The van der Waals surface area contributed by atoms with Gasteiger partial charge in [-0.2, -0.15) is 0 Å². The molecule has 0 saturated carbocycles. The van der Waals surface area contributed by atoms with Crippen LogP contribution in [0.3, 0.4) is 0 Å². The molecule has 0 aliphatic carbocycles. The number of pyridine rings is 1. The molecule has 3 rings (SSSR count). The van der Waals surface area contributed by atoms with Crippen molar-refractivity contribution >= 4 is 50.6 Å². The minimum atomic E-state index is -3.55. The summed E-state index contributed by atoms with van der Waals surface area (Å²) in [4.78, 5) is 30.1. The van der Waals surface area contributed by atoms with E-state index >= 15 is 0 Å². The topological polar surface area (TPSA) is 121 Å². The van der Waals surface area contributed by atoms with E-state index in [2.05, 4.69) is 31.1 Å². The van der Waals surface area contributed by atoms with Crippen molar-refractivity contribution in [3.63, 3.8) is 0 Å². The first kappa shape index (κ1) is 27.0. The lowest BCUT2D eigenvalue weighted by atomic mass is 9.87. The van der Waals surface area contributed by atoms with Gasteiger partial charge < -0.3 is 10.7 Å². The lowest BCUT2D eigenvalue weighted by molar-refractivity contribution is 0.102. The lowest BCUT2D eigenvalue weighted by Crippen LogP contribution is -2.20. The number of hydrogen-bond acceptors (Lipinski definition) is 6. The summed E-state index contributed by atoms with van der Waals surface area (Å²) < 4.78 is 24.1. The van der Waals surface area contributed by atoms with Crippen molar-refractivity contribution in [3.05, 3.63) is 80.6 Å². The highest BCUT2D eigenvalue weighted by Crippen LogP contribution is 2.30. The number of aromatic nitrogens is 1. The summed E-state index contributed by atoms with van der Waals surface area (Å²) in [5.41, 5.74) is 2.76. The Labute approximate surface area is 215 Å². The Kier molecular flexibility index (Phi) is 7.66. The Morgan fingerprint density at radius 3 is 2.42 bits per heavy atom. The first-order valence-electron chi connectivity index (χ1n) is 10.9. The van der Waals surface area contributed by atoms with Crippen molar-refractivity contribution in [2.24, 2.45) is 12.0 Å². The maximum absolute atomic E-state index is 13.1. The molecule has 1 heterocycles. The first-order chi connectivity index (χ1) is 16.7. The van der Waals surface area contributed by atoms with Gasteiger partial charge in [0.05, 0.1) is 0 Å². The number of rotatable bonds is 6. The van der Waals surface area contributed by atoms with E-state index in [4.69, 9.17) is 17.0 Å². The van der Waals surface area contributed by atoms with Crippen LogP contribution in [-0.4, -0.2) is 36.9 Å². The Morgan fingerprint density at radius 2 is 1.81 bits per heavy atom. The summed E-state index contributed by atoms with van der Waals surface area (Å²) in [5.74, 6) is -0.370. The van der Waals surface area contributed by atoms with E-state index in [1.54, 1.807) is 12.1 Å². The van der Waals surface area contributed by atoms with E-state index in [9.17, 15) is 18.0 Å². The number of hydrogen-bond donors (Lipinski definition) is 2. The van der Waals surface area contributed by atoms with Crippen LogP contribution in [0.5, 0.6) is 0 Å². The number of sulfone groups is 1. The third-order valence-electron chi connectivity index (χ3n) is 5.44. The molecule has 1 aromatic heterocycles. The van der Waals surface area contributed by atoms with Crippen molar-refractivity contribution in [3.8, 4) is 11.1 Å². The molecule has 0 aliphatic rings. The molecule has 36 heavy (non-hydrogen) atoms. The van der Waals surface area contributed by atoms with Gasteiger partial charge in [-0.25, -0.2) is 13.4 Å². The van der Waals surface area contributed by atoms with Gasteiger partial charge in [0.25, 0.3) is 11.5 Å². The van der Waals surface area contributed by atoms with Gasteiger partial charge in [-0.3, -0.25) is 14.2 Å². The molecule has 0 aliphatic heterocycles. The van der Waals surface area contributed by atoms with E-state index in [-0.39, 0.29) is 38.9 Å². The van der Waals surface area contributed by atoms with Gasteiger partial charge >= 0.3 is 0 Å². The second-order valence-corrected chi connectivity index (χ2v) is 11.7. The van der Waals surface area contributed by atoms with Gasteiger partial charge in [0.1, 0.15) is 11.4 Å². The minimum Gasteiger partial charge on any atom is -0.322 e. The van der Waals surface area contributed by atoms with E-state index in [0.29, 0.717) is 11.3 Å². The van der Waals surface area contributed by atoms with Crippen LogP contribution in [0.2, 0.25) is 5.02 Å². The van der Waals surface area contributed by atoms with Crippen LogP contribution in [0.25, 0.3) is 11.1 Å². The van der Waals surface area contributed by atoms with Crippen LogP contribution in [0, 0.1) is 5.41 Å². The predicted molar refractivity (Wildman–Crippen MR) is 146 cm³/mol. The van der Waals surface area contributed by atoms with Crippen molar-refractivity contribution in [2.75, 3.05) is 11.6 Å². The number of amides is 1. The number of anilines is 1. The molecule has 0 unspecified atom stereocenters. The van der Waals surface area contributed by atoms with Crippen molar-refractivity contribution in [1.29, 1.82) is 5.41 Å². The quantitative estimate of drug-likeness (QED) is 0.348. The Balaban J connectivity index is 2.05. The summed E-state index contributed by atoms with van der Waals surface area (Å²) in [6.45, 7) is 6.25. The SMILES string of the molecule is Cn1c(N=CS(C)(=O)=O)c(C=N)cc(-c2cc(C(=O)Nc3cccc(C(C)(C)C)c3)ccc2Cl)c1=O. The second-order valence-electron chi connectivity index (χ2n) is 9.39. The van der Waals surface area contributed by atoms with Crippen LogP contribution in [0.4, 0.5) is 11.5 Å². The fraction of sp³-hybridized carbons (Fsp3) is 0.231. The summed E-state index contributed by atoms with van der Waals surface area (Å²) in [5, 5.41) is 10.9. The molecule has 1 amide bonds. The molecule has 0 atom stereocenters. The van der Waals surface area contributed by atoms with E-state index in [1.807, 2.05) is 18.2 Å². The third kappa shape index (κ3) is 6.16. The number of aliphatic imine (C=N–C) groups is 1. The van der Waals surface area contributed by atoms with E-state index < -0.39 is 15.4 Å². The van der Waals surface area contributed by atoms with E-state index in [0.717, 1.165) is 28.1 Å². The molecule has 188 valence electrons. The number of nitrogens with one attached hydrogen (secondary N) is 2. The summed E-state index contributed by atoms with van der Waals surface area (Å²) in [7, 11) is -2.13. The molecule has 0 spiro atoms. The highest BCUT2D eigenvalue weighted by Gasteiger charge is 2.18. The van der Waals surface area contributed by atoms with Crippen LogP contribution >= 0.6 is 11.6 Å². The third-order valence-corrected chi connectivity index (χ3v) is 6.26. The highest BCUT2D eigenvalue weighted by molar-refractivity contribution is 8.03. The Morgan fingerprint density at radius 1 is 1.11 bits per heavy atom. The molecule has 0 fully saturated rings. The number of nitrogens with zero attached hydrogens (tertiary/aromatic N) is 2. The molecule has 0 saturated heterocycles. The maximum Gasteiger partial charge on any atom is 0.259 e. The molecule has 2 N–H and O–H groups in total. The van der Waals surface area contributed by atoms with Crippen molar-refractivity contribution < 1.29 is 13.2 Å². The Bertz CT molecular complexity index is 1550. The molecule has 0 radical (unpaired) electrons. The van der Waals surface area contributed by atoms with Gasteiger partial charge in [-0.1, -0.05) is 44.5 Å². The van der Waals surface area contributed by atoms with Gasteiger partial charge in [-0.15, -0.1) is 0 Å². The van der Waals surface area contributed by atoms with E-state index in [1.165, 1.54) is 25.2 Å². The molecule has 0 bridgehead atoms. The van der Waals surface area contributed by atoms with Crippen LogP contribution in [0.1, 0.15) is 42.3 Å². The second kappa shape index (κ2) is 10.2. The van der Waals surface area contributed by atoms with Crippen molar-refractivity contribution in [2.45, 2.75) is 26.2 Å². The first-order valence-corrected chi connectivity index (χ1v) is 13.2. The smallest absolute Gasteiger partial charge is 0.259 e. The van der Waals surface area contributed by atoms with Gasteiger partial charge in [-0.05, 0) is 47.4 Å². The molecular weight excluding hydrogens is 500 g/mol. The standard InChI is InChI=1S/C26H27ClN4O4S/c1-26(2,3)18-7-6-8-19(13-18)30-24(32)16-9-10-22(27)20(11-16)21-12-17(14-28)23(31(4)25(21)33)29-15-36(5,34)35/h6-15,28H,1-5H3,(H,30,32). The molecule has 3 aromatic rings. The van der Waals surface area contributed by atoms with Crippen LogP contribution in [0.15, 0.2) is 58.3 Å². The monoisotopic (exact) mass is 526 g/mol. The van der Waals surface area contributed by atoms with Crippen LogP contribution in [-0.2, 0) is 22.3 Å². The summed E-state index contributed by atoms with van der Waals surface area (Å²) in [6, 6.07) is 13.6. The van der Waals surface area contributed by atoms with Gasteiger partial charge in [0.15, 0.2) is 9.84 Å². The number of benzene rings is 2. The molecular formula is C26H27ClN4O4S. The van der Waals surface area contributed by atoms with Gasteiger partial charge in [0, 0.05) is 52.5 Å². The fourth-order valence-electron chi connectivity index (χ4n) is 3.50. The number of halogens is 1. The highest BCUT2D eigenvalue weighted by atomic mass is 35.5. The Hall–Kier alpha value is -3.56. The zero-order valence-corrected chi connectivity index (χ0v) is 22.2. The average molecular weight is 527 g/mol. The average Bonchev–Trinajstić information content (AvgIpc) is 2.79. The zero-order valence-electron chi connectivity index (χ0n) is 20.6. The van der Waals surface area contributed by atoms with Crippen LogP contribution < -0.4 is 10.9 Å². The predicted octanol–water partition coefficient (Wildman–Crippen LogP) is 4.96. The normalized spacial score (nSPS) is 12.1. The summed E-state index contributed by atoms with van der Waals surface area (Å²) >= 11 is 6.40. The molecule has 10 heteroatoms. The minimum absolute atomic E-state index is 0.00734. The molecule has 8 nitrogen and oxygen atoms in total. The number of carbonyl (C=O) groups excluding carboxylic acids is 1. The lowest BCUT2D eigenvalue weighted by Gasteiger charge is -2.20. The largest absolute Gasteiger partial charge is 0.322 e. The van der Waals surface area contributed by atoms with Crippen molar-refractivity contribution in [1.82, 2.24) is 4.57 Å². The van der Waals surface area contributed by atoms with Gasteiger partial charge in [0.2, 0.25) is 0 Å². The number of carbonyl (C=O) groups is 1. The maximum atomic E-state index is 13.1. The molecule has 2 aromatic carbocycles.